The van der Waals surface area contributed by atoms with Crippen molar-refractivity contribution in [3.8, 4) is 0 Å². The van der Waals surface area contributed by atoms with Crippen LogP contribution in [0.25, 0.3) is 0 Å². The number of aryl methyl sites for hydroxylation is 1. The lowest BCUT2D eigenvalue weighted by Crippen LogP contribution is -2.37. The molecule has 1 aromatic carbocycles. The Bertz CT molecular complexity index is 1050. The topological polar surface area (TPSA) is 110 Å². The molecule has 1 aliphatic carbocycles. The number of nitrogens with one attached hydrogen (secondary N) is 1. The van der Waals surface area contributed by atoms with Gasteiger partial charge in [-0.05, 0) is 32.3 Å². The summed E-state index contributed by atoms with van der Waals surface area (Å²) in [5.74, 6) is -0.0301. The highest BCUT2D eigenvalue weighted by Gasteiger charge is 2.48. The molecule has 1 unspecified atom stereocenters. The lowest BCUT2D eigenvalue weighted by Gasteiger charge is -2.37. The molecule has 152 valence electrons. The van der Waals surface area contributed by atoms with E-state index in [4.69, 9.17) is 5.10 Å². The van der Waals surface area contributed by atoms with Crippen LogP contribution in [0.3, 0.4) is 0 Å². The van der Waals surface area contributed by atoms with E-state index in [0.717, 1.165) is 42.8 Å². The van der Waals surface area contributed by atoms with Crippen LogP contribution in [0.5, 0.6) is 0 Å². The van der Waals surface area contributed by atoms with Crippen molar-refractivity contribution in [2.24, 2.45) is 7.05 Å². The molecule has 1 aromatic heterocycles. The van der Waals surface area contributed by atoms with Crippen LogP contribution < -0.4 is 5.32 Å². The number of aliphatic carboxylic acids is 1. The molecule has 8 nitrogen and oxygen atoms in total. The molecular formula is C21H24N4O4. The number of carboxylic acid groups (broad SMARTS) is 1. The van der Waals surface area contributed by atoms with Crippen LogP contribution in [0.15, 0.2) is 35.5 Å². The number of fused-ring (bicyclic) bond motifs is 1. The third kappa shape index (κ3) is 2.82. The molecule has 1 fully saturated rings. The van der Waals surface area contributed by atoms with Gasteiger partial charge in [0.1, 0.15) is 5.82 Å². The SMILES string of the molecule is CC1=C(C(=O)O)C(C)(c2cccc([N+](=O)[O-])c2)c2c(C3CCCC3)nn(C)c2N1. The van der Waals surface area contributed by atoms with Gasteiger partial charge in [0, 0.05) is 36.4 Å². The number of carboxylic acids is 1. The van der Waals surface area contributed by atoms with E-state index in [1.165, 1.54) is 12.1 Å². The van der Waals surface area contributed by atoms with E-state index < -0.39 is 16.3 Å². The van der Waals surface area contributed by atoms with Gasteiger partial charge in [0.25, 0.3) is 5.69 Å². The highest BCUT2D eigenvalue weighted by atomic mass is 16.6. The van der Waals surface area contributed by atoms with Gasteiger partial charge in [-0.3, -0.25) is 14.8 Å². The van der Waals surface area contributed by atoms with Crippen molar-refractivity contribution in [2.45, 2.75) is 50.9 Å². The lowest BCUT2D eigenvalue weighted by atomic mass is 9.67. The highest BCUT2D eigenvalue weighted by molar-refractivity contribution is 5.95. The fourth-order valence-electron chi connectivity index (χ4n) is 5.00. The Morgan fingerprint density at radius 2 is 2.07 bits per heavy atom. The molecule has 0 radical (unpaired) electrons. The summed E-state index contributed by atoms with van der Waals surface area (Å²) in [5.41, 5.74) is 1.88. The number of aromatic nitrogens is 2. The van der Waals surface area contributed by atoms with Crippen LogP contribution in [0.1, 0.15) is 62.3 Å². The molecule has 2 heterocycles. The van der Waals surface area contributed by atoms with Crippen molar-refractivity contribution in [2.75, 3.05) is 5.32 Å². The normalized spacial score (nSPS) is 21.8. The third-order valence-corrected chi connectivity index (χ3v) is 6.35. The van der Waals surface area contributed by atoms with Crippen LogP contribution >= 0.6 is 0 Å². The highest BCUT2D eigenvalue weighted by Crippen LogP contribution is 2.51. The number of carbonyl (C=O) groups is 1. The van der Waals surface area contributed by atoms with Crippen LogP contribution in [-0.4, -0.2) is 25.8 Å². The predicted molar refractivity (Wildman–Crippen MR) is 108 cm³/mol. The fourth-order valence-corrected chi connectivity index (χ4v) is 5.00. The third-order valence-electron chi connectivity index (χ3n) is 6.35. The van der Waals surface area contributed by atoms with Gasteiger partial charge in [-0.15, -0.1) is 0 Å². The largest absolute Gasteiger partial charge is 0.478 e. The maximum atomic E-state index is 12.4. The van der Waals surface area contributed by atoms with Gasteiger partial charge >= 0.3 is 5.97 Å². The van der Waals surface area contributed by atoms with Crippen LogP contribution in [-0.2, 0) is 17.3 Å². The molecule has 1 aliphatic heterocycles. The number of non-ortho nitro benzene ring substituents is 1. The summed E-state index contributed by atoms with van der Waals surface area (Å²) >= 11 is 0. The van der Waals surface area contributed by atoms with Crippen molar-refractivity contribution in [3.63, 3.8) is 0 Å². The number of benzene rings is 1. The van der Waals surface area contributed by atoms with Gasteiger partial charge in [-0.1, -0.05) is 25.0 Å². The van der Waals surface area contributed by atoms with Crippen molar-refractivity contribution in [1.29, 1.82) is 0 Å². The first-order valence-corrected chi connectivity index (χ1v) is 9.79. The average Bonchev–Trinajstić information content (AvgIpc) is 3.30. The molecular weight excluding hydrogens is 372 g/mol. The summed E-state index contributed by atoms with van der Waals surface area (Å²) in [6.45, 7) is 3.57. The summed E-state index contributed by atoms with van der Waals surface area (Å²) in [4.78, 5) is 23.3. The standard InChI is InChI=1S/C21H24N4O4/c1-12-16(20(26)27)21(2,14-9-6-10-15(11-14)25(28)29)17-18(13-7-4-5-8-13)23-24(3)19(17)22-12/h6,9-11,13,22H,4-5,7-8H2,1-3H3,(H,26,27). The van der Waals surface area contributed by atoms with Crippen LogP contribution in [0.4, 0.5) is 11.5 Å². The molecule has 29 heavy (non-hydrogen) atoms. The van der Waals surface area contributed by atoms with E-state index in [1.54, 1.807) is 23.7 Å². The molecule has 0 bridgehead atoms. The number of hydrogen-bond acceptors (Lipinski definition) is 5. The zero-order valence-electron chi connectivity index (χ0n) is 16.7. The summed E-state index contributed by atoms with van der Waals surface area (Å²) in [5, 5.41) is 29.5. The summed E-state index contributed by atoms with van der Waals surface area (Å²) in [7, 11) is 1.84. The summed E-state index contributed by atoms with van der Waals surface area (Å²) in [6, 6.07) is 6.29. The van der Waals surface area contributed by atoms with E-state index in [1.807, 2.05) is 14.0 Å². The molecule has 1 atom stereocenters. The Hall–Kier alpha value is -3.16. The van der Waals surface area contributed by atoms with Gasteiger partial charge < -0.3 is 10.4 Å². The minimum Gasteiger partial charge on any atom is -0.478 e. The predicted octanol–water partition coefficient (Wildman–Crippen LogP) is 4.08. The molecule has 1 saturated carbocycles. The van der Waals surface area contributed by atoms with E-state index in [0.29, 0.717) is 11.3 Å². The molecule has 2 N–H and O–H groups in total. The summed E-state index contributed by atoms with van der Waals surface area (Å²) < 4.78 is 1.76. The van der Waals surface area contributed by atoms with Gasteiger partial charge in [0.2, 0.25) is 0 Å². The number of hydrogen-bond donors (Lipinski definition) is 2. The molecule has 2 aromatic rings. The smallest absolute Gasteiger partial charge is 0.334 e. The van der Waals surface area contributed by atoms with Gasteiger partial charge in [0.15, 0.2) is 0 Å². The number of anilines is 1. The van der Waals surface area contributed by atoms with E-state index >= 15 is 0 Å². The monoisotopic (exact) mass is 396 g/mol. The molecule has 8 heteroatoms. The van der Waals surface area contributed by atoms with E-state index in [-0.39, 0.29) is 17.2 Å². The minimum atomic E-state index is -1.06. The quantitative estimate of drug-likeness (QED) is 0.595. The number of rotatable bonds is 4. The Kier molecular flexibility index (Phi) is 4.44. The molecule has 0 saturated heterocycles. The van der Waals surface area contributed by atoms with Crippen molar-refractivity contribution in [1.82, 2.24) is 9.78 Å². The number of nitro benzene ring substituents is 1. The lowest BCUT2D eigenvalue weighted by molar-refractivity contribution is -0.384. The second-order valence-electron chi connectivity index (χ2n) is 8.08. The molecule has 0 spiro atoms. The zero-order chi connectivity index (χ0) is 20.9. The first-order valence-electron chi connectivity index (χ1n) is 9.79. The Labute approximate surface area is 168 Å². The average molecular weight is 396 g/mol. The Morgan fingerprint density at radius 1 is 1.38 bits per heavy atom. The molecule has 0 amide bonds. The summed E-state index contributed by atoms with van der Waals surface area (Å²) in [6.07, 6.45) is 4.27. The molecule has 2 aliphatic rings. The first kappa shape index (κ1) is 19.2. The van der Waals surface area contributed by atoms with E-state index in [9.17, 15) is 20.0 Å². The second kappa shape index (κ2) is 6.72. The number of allylic oxidation sites excluding steroid dienone is 1. The second-order valence-corrected chi connectivity index (χ2v) is 8.08. The first-order chi connectivity index (χ1) is 13.7. The number of nitro groups is 1. The van der Waals surface area contributed by atoms with E-state index in [2.05, 4.69) is 5.32 Å². The maximum Gasteiger partial charge on any atom is 0.334 e. The van der Waals surface area contributed by atoms with Crippen LogP contribution in [0.2, 0.25) is 0 Å². The molecule has 4 rings (SSSR count). The Balaban J connectivity index is 2.04. The Morgan fingerprint density at radius 3 is 2.69 bits per heavy atom. The van der Waals surface area contributed by atoms with Gasteiger partial charge in [-0.2, -0.15) is 5.10 Å². The zero-order valence-corrected chi connectivity index (χ0v) is 16.7. The van der Waals surface area contributed by atoms with Crippen molar-refractivity contribution < 1.29 is 14.8 Å². The van der Waals surface area contributed by atoms with Crippen molar-refractivity contribution >= 4 is 17.5 Å². The fraction of sp³-hybridized carbons (Fsp3) is 0.429. The van der Waals surface area contributed by atoms with Crippen LogP contribution in [0, 0.1) is 10.1 Å². The minimum absolute atomic E-state index is 0.0579. The maximum absolute atomic E-state index is 12.4. The van der Waals surface area contributed by atoms with Crippen molar-refractivity contribution in [3.05, 3.63) is 62.5 Å². The number of nitrogens with zero attached hydrogens (tertiary/aromatic N) is 3. The van der Waals surface area contributed by atoms with Gasteiger partial charge in [0.05, 0.1) is 21.6 Å². The van der Waals surface area contributed by atoms with Gasteiger partial charge in [-0.25, -0.2) is 4.79 Å².